The molecule has 0 spiro atoms. The number of halogens is 2. The molecule has 1 N–H and O–H groups in total. The van der Waals surface area contributed by atoms with E-state index in [9.17, 15) is 10.0 Å². The predicted molar refractivity (Wildman–Crippen MR) is 72.1 cm³/mol. The van der Waals surface area contributed by atoms with Crippen molar-refractivity contribution < 1.29 is 27.0 Å². The molecule has 0 aliphatic heterocycles. The fourth-order valence-electron chi connectivity index (χ4n) is 1.62. The summed E-state index contributed by atoms with van der Waals surface area (Å²) in [7, 11) is 0. The van der Waals surface area contributed by atoms with Crippen LogP contribution in [0, 0.1) is 6.92 Å². The van der Waals surface area contributed by atoms with Gasteiger partial charge in [0.1, 0.15) is 0 Å². The molecule has 2 aromatic rings. The average Bonchev–Trinajstić information content (AvgIpc) is 2.42. The molecular weight excluding hydrogens is 299 g/mol. The van der Waals surface area contributed by atoms with Gasteiger partial charge in [-0.3, -0.25) is 10.0 Å². The highest BCUT2D eigenvalue weighted by Gasteiger charge is 2.18. The molecule has 0 fully saturated rings. The van der Waals surface area contributed by atoms with Gasteiger partial charge in [0.25, 0.3) is 0 Å². The molecule has 1 aromatic carbocycles. The van der Waals surface area contributed by atoms with Crippen molar-refractivity contribution in [2.45, 2.75) is 13.5 Å². The second-order valence-electron chi connectivity index (χ2n) is 4.19. The summed E-state index contributed by atoms with van der Waals surface area (Å²) in [5.74, 6) is -0.434. The Morgan fingerprint density at radius 2 is 1.95 bits per heavy atom. The predicted octanol–water partition coefficient (Wildman–Crippen LogP) is -0.638. The molecule has 0 bridgehead atoms. The molecule has 4 nitrogen and oxygen atoms in total. The first-order valence-electron chi connectivity index (χ1n) is 5.80. The molecule has 106 valence electrons. The van der Waals surface area contributed by atoms with Gasteiger partial charge in [-0.15, -0.1) is 0 Å². The fraction of sp³-hybridized carbons (Fsp3) is 0.143. The number of anilines is 1. The summed E-state index contributed by atoms with van der Waals surface area (Å²) in [6, 6.07) is 10.5. The minimum Gasteiger partial charge on any atom is -1.00 e. The molecule has 0 unspecified atom stereocenters. The summed E-state index contributed by atoms with van der Waals surface area (Å²) >= 11 is 5.97. The molecule has 1 aromatic heterocycles. The van der Waals surface area contributed by atoms with Crippen molar-refractivity contribution in [3.05, 3.63) is 59.4 Å². The highest BCUT2D eigenvalue weighted by molar-refractivity contribution is 6.31. The molecule has 0 saturated carbocycles. The van der Waals surface area contributed by atoms with E-state index in [0.717, 1.165) is 5.56 Å². The van der Waals surface area contributed by atoms with Crippen molar-refractivity contribution in [1.29, 1.82) is 0 Å². The first-order valence-corrected chi connectivity index (χ1v) is 6.18. The maximum Gasteiger partial charge on any atom is 0.316 e. The smallest absolute Gasteiger partial charge is 0.316 e. The van der Waals surface area contributed by atoms with Gasteiger partial charge in [-0.25, -0.2) is 0 Å². The number of hydrogen-bond acceptors (Lipinski definition) is 2. The van der Waals surface area contributed by atoms with E-state index in [1.54, 1.807) is 35.2 Å². The molecule has 1 amide bonds. The Labute approximate surface area is 128 Å². The molecule has 6 heteroatoms. The Morgan fingerprint density at radius 1 is 1.30 bits per heavy atom. The summed E-state index contributed by atoms with van der Waals surface area (Å²) in [5, 5.41) is 11.0. The summed E-state index contributed by atoms with van der Waals surface area (Å²) in [6.45, 7) is 1.91. The van der Waals surface area contributed by atoms with Gasteiger partial charge in [0.15, 0.2) is 12.4 Å². The van der Waals surface area contributed by atoms with Gasteiger partial charge in [-0.05, 0) is 24.6 Å². The van der Waals surface area contributed by atoms with Crippen LogP contribution in [0.5, 0.6) is 0 Å². The first kappa shape index (κ1) is 16.4. The lowest BCUT2D eigenvalue weighted by molar-refractivity contribution is -0.684. The lowest BCUT2D eigenvalue weighted by Gasteiger charge is -2.14. The fourth-order valence-corrected chi connectivity index (χ4v) is 1.80. The number of nitrogens with zero attached hydrogens (tertiary/aromatic N) is 2. The van der Waals surface area contributed by atoms with E-state index in [2.05, 4.69) is 0 Å². The third-order valence-corrected chi connectivity index (χ3v) is 3.14. The molecule has 0 aliphatic rings. The third kappa shape index (κ3) is 3.93. The highest BCUT2D eigenvalue weighted by atomic mass is 35.5. The largest absolute Gasteiger partial charge is 1.00 e. The standard InChI is InChI=1S/C14H14ClN2O2.ClH/c1-11-5-6-12(9-13(11)15)17(19)14(18)10-16-7-3-2-4-8-16;/h2-9,19H,10H2,1H3;1H/q+1;/p-1. The number of amides is 1. The second kappa shape index (κ2) is 7.24. The minimum absolute atomic E-state index is 0. The zero-order valence-electron chi connectivity index (χ0n) is 10.8. The van der Waals surface area contributed by atoms with E-state index in [1.165, 1.54) is 0 Å². The van der Waals surface area contributed by atoms with Crippen LogP contribution in [-0.2, 0) is 11.3 Å². The minimum atomic E-state index is -0.434. The van der Waals surface area contributed by atoms with E-state index in [1.807, 2.05) is 25.1 Å². The first-order chi connectivity index (χ1) is 9.08. The van der Waals surface area contributed by atoms with E-state index < -0.39 is 5.91 Å². The van der Waals surface area contributed by atoms with Crippen molar-refractivity contribution in [2.75, 3.05) is 5.06 Å². The monoisotopic (exact) mass is 312 g/mol. The van der Waals surface area contributed by atoms with Crippen LogP contribution in [0.25, 0.3) is 0 Å². The van der Waals surface area contributed by atoms with Gasteiger partial charge in [0.05, 0.1) is 5.69 Å². The van der Waals surface area contributed by atoms with Gasteiger partial charge in [-0.2, -0.15) is 9.63 Å². The van der Waals surface area contributed by atoms with Crippen molar-refractivity contribution in [2.24, 2.45) is 0 Å². The van der Waals surface area contributed by atoms with Crippen LogP contribution in [0.4, 0.5) is 5.69 Å². The van der Waals surface area contributed by atoms with Crippen molar-refractivity contribution in [3.8, 4) is 0 Å². The number of pyridine rings is 1. The number of carbonyl (C=O) groups is 1. The van der Waals surface area contributed by atoms with E-state index in [0.29, 0.717) is 15.8 Å². The Hall–Kier alpha value is -1.62. The number of aromatic nitrogens is 1. The number of carbonyl (C=O) groups excluding carboxylic acids is 1. The van der Waals surface area contributed by atoms with Gasteiger partial charge < -0.3 is 12.4 Å². The van der Waals surface area contributed by atoms with Crippen LogP contribution in [0.15, 0.2) is 48.8 Å². The summed E-state index contributed by atoms with van der Waals surface area (Å²) < 4.78 is 1.68. The zero-order chi connectivity index (χ0) is 13.8. The summed E-state index contributed by atoms with van der Waals surface area (Å²) in [4.78, 5) is 11.9. The maximum absolute atomic E-state index is 11.9. The molecule has 0 atom stereocenters. The Morgan fingerprint density at radius 3 is 2.55 bits per heavy atom. The summed E-state index contributed by atoms with van der Waals surface area (Å²) in [6.07, 6.45) is 3.52. The number of hydrogen-bond donors (Lipinski definition) is 1. The van der Waals surface area contributed by atoms with Crippen molar-refractivity contribution in [1.82, 2.24) is 0 Å². The normalized spacial score (nSPS) is 9.75. The highest BCUT2D eigenvalue weighted by Crippen LogP contribution is 2.22. The lowest BCUT2D eigenvalue weighted by atomic mass is 10.2. The summed E-state index contributed by atoms with van der Waals surface area (Å²) in [5.41, 5.74) is 1.25. The number of benzene rings is 1. The van der Waals surface area contributed by atoms with E-state index in [-0.39, 0.29) is 19.0 Å². The Balaban J connectivity index is 0.00000200. The van der Waals surface area contributed by atoms with Crippen LogP contribution in [-0.4, -0.2) is 11.1 Å². The SMILES string of the molecule is Cc1ccc(N(O)C(=O)C[n+]2ccccc2)cc1Cl.[Cl-]. The van der Waals surface area contributed by atoms with E-state index >= 15 is 0 Å². The maximum atomic E-state index is 11.9. The molecule has 20 heavy (non-hydrogen) atoms. The van der Waals surface area contributed by atoms with Crippen molar-refractivity contribution >= 4 is 23.2 Å². The van der Waals surface area contributed by atoms with Gasteiger partial charge in [-0.1, -0.05) is 23.7 Å². The quantitative estimate of drug-likeness (QED) is 0.466. The average molecular weight is 313 g/mol. The molecule has 1 heterocycles. The van der Waals surface area contributed by atoms with Crippen LogP contribution >= 0.6 is 11.6 Å². The third-order valence-electron chi connectivity index (χ3n) is 2.73. The second-order valence-corrected chi connectivity index (χ2v) is 4.59. The lowest BCUT2D eigenvalue weighted by Crippen LogP contribution is -3.00. The number of aryl methyl sites for hydroxylation is 1. The molecule has 0 aliphatic carbocycles. The topological polar surface area (TPSA) is 44.4 Å². The van der Waals surface area contributed by atoms with Crippen LogP contribution in [0.2, 0.25) is 5.02 Å². The molecule has 2 rings (SSSR count). The molecular formula is C14H14Cl2N2O2. The number of hydroxylamine groups is 1. The van der Waals surface area contributed by atoms with Crippen LogP contribution < -0.4 is 22.0 Å². The number of rotatable bonds is 3. The van der Waals surface area contributed by atoms with Gasteiger partial charge in [0.2, 0.25) is 6.54 Å². The van der Waals surface area contributed by atoms with E-state index in [4.69, 9.17) is 11.6 Å². The van der Waals surface area contributed by atoms with Gasteiger partial charge >= 0.3 is 5.91 Å². The Kier molecular flexibility index (Phi) is 5.95. The van der Waals surface area contributed by atoms with Crippen LogP contribution in [0.3, 0.4) is 0 Å². The molecule has 0 saturated heterocycles. The van der Waals surface area contributed by atoms with Crippen LogP contribution in [0.1, 0.15) is 5.56 Å². The van der Waals surface area contributed by atoms with Crippen molar-refractivity contribution in [3.63, 3.8) is 0 Å². The van der Waals surface area contributed by atoms with Gasteiger partial charge in [0, 0.05) is 17.2 Å². The molecule has 0 radical (unpaired) electrons. The Bertz CT molecular complexity index is 591. The zero-order valence-corrected chi connectivity index (χ0v) is 12.3.